The third kappa shape index (κ3) is 12.3. The Morgan fingerprint density at radius 2 is 0.954 bits per heavy atom. The maximum atomic E-state index is 5.74. The Kier molecular flexibility index (Phi) is 17.8. The molecule has 336 valence electrons. The lowest BCUT2D eigenvalue weighted by molar-refractivity contribution is 0.0143. The van der Waals surface area contributed by atoms with Crippen molar-refractivity contribution in [3.05, 3.63) is 196 Å². The Balaban J connectivity index is 0.748. The molecule has 7 rings (SSSR count). The third-order valence-corrected chi connectivity index (χ3v) is 12.9. The molecular weight excluding hydrogens is 799 g/mol. The van der Waals surface area contributed by atoms with E-state index in [0.29, 0.717) is 46.2 Å². The number of nitrogens with zero attached hydrogens (tertiary/aromatic N) is 3. The zero-order valence-corrected chi connectivity index (χ0v) is 38.8. The van der Waals surface area contributed by atoms with Gasteiger partial charge < -0.3 is 14.2 Å². The lowest BCUT2D eigenvalue weighted by atomic mass is 9.68. The number of fused-ring (bicyclic) bond motifs is 3. The van der Waals surface area contributed by atoms with Crippen molar-refractivity contribution in [2.24, 2.45) is 15.0 Å². The lowest BCUT2D eigenvalue weighted by Gasteiger charge is -2.33. The summed E-state index contributed by atoms with van der Waals surface area (Å²) in [7, 11) is 0. The van der Waals surface area contributed by atoms with Crippen LogP contribution < -0.4 is 0 Å². The highest BCUT2D eigenvalue weighted by molar-refractivity contribution is 5.87. The standard InChI is InChI=1S/C59H67N3O3/c1-4-6-14-35-58(3,5-2)50-29-27-48(28-30-50)45-61-37-16-39-64-41-43-65-42-40-63-38-15-36-60-44-47-23-25-49(26-24-47)46-62-53-33-31-52(32-34-53)59(51-17-8-7-9-18-51)56-21-12-10-19-54(56)55-20-11-13-22-57(55)59/h7-13,17-34,44-46H,4-6,14-16,35-43H2,1-3H3. The van der Waals surface area contributed by atoms with Crippen molar-refractivity contribution >= 4 is 24.3 Å². The molecule has 6 aromatic carbocycles. The molecule has 1 atom stereocenters. The van der Waals surface area contributed by atoms with Gasteiger partial charge in [-0.25, -0.2) is 0 Å². The van der Waals surface area contributed by atoms with E-state index in [-0.39, 0.29) is 5.41 Å². The number of ether oxygens (including phenoxy) is 3. The second-order valence-corrected chi connectivity index (χ2v) is 17.3. The number of rotatable bonds is 26. The van der Waals surface area contributed by atoms with Crippen LogP contribution >= 0.6 is 0 Å². The Bertz CT molecular complexity index is 2380. The van der Waals surface area contributed by atoms with Gasteiger partial charge in [0, 0.05) is 44.9 Å². The van der Waals surface area contributed by atoms with Crippen LogP contribution in [-0.4, -0.2) is 71.4 Å². The van der Waals surface area contributed by atoms with E-state index in [1.54, 1.807) is 0 Å². The van der Waals surface area contributed by atoms with Crippen molar-refractivity contribution in [2.75, 3.05) is 52.7 Å². The molecule has 0 amide bonds. The van der Waals surface area contributed by atoms with E-state index in [0.717, 1.165) is 41.8 Å². The predicted octanol–water partition coefficient (Wildman–Crippen LogP) is 13.4. The van der Waals surface area contributed by atoms with Gasteiger partial charge in [-0.05, 0) is 98.9 Å². The van der Waals surface area contributed by atoms with Gasteiger partial charge in [-0.2, -0.15) is 0 Å². The molecule has 0 aliphatic heterocycles. The van der Waals surface area contributed by atoms with E-state index >= 15 is 0 Å². The highest BCUT2D eigenvalue weighted by Crippen LogP contribution is 2.56. The van der Waals surface area contributed by atoms with Gasteiger partial charge in [-0.15, -0.1) is 0 Å². The van der Waals surface area contributed by atoms with E-state index in [2.05, 4.69) is 182 Å². The summed E-state index contributed by atoms with van der Waals surface area (Å²) in [6.07, 6.45) is 13.9. The molecule has 0 saturated carbocycles. The SMILES string of the molecule is CCCCCC(C)(CC)c1ccc(C=NCCCOCCOCCOCCCN=Cc2ccc(C=Nc3ccc(C4(c5ccccc5)c5ccccc5-c5ccccc54)cc3)cc2)cc1. The molecule has 0 bridgehead atoms. The molecule has 0 N–H and O–H groups in total. The molecule has 6 nitrogen and oxygen atoms in total. The Morgan fingerprint density at radius 1 is 0.477 bits per heavy atom. The van der Waals surface area contributed by atoms with Crippen LogP contribution in [0.2, 0.25) is 0 Å². The molecule has 1 unspecified atom stereocenters. The smallest absolute Gasteiger partial charge is 0.0713 e. The average Bonchev–Trinajstić information content (AvgIpc) is 3.66. The molecule has 0 saturated heterocycles. The molecule has 1 aliphatic carbocycles. The summed E-state index contributed by atoms with van der Waals surface area (Å²) in [5.41, 5.74) is 13.2. The maximum Gasteiger partial charge on any atom is 0.0713 e. The molecule has 0 radical (unpaired) electrons. The van der Waals surface area contributed by atoms with E-state index in [1.807, 2.05) is 18.6 Å². The summed E-state index contributed by atoms with van der Waals surface area (Å²) in [6.45, 7) is 12.1. The Labute approximate surface area is 388 Å². The van der Waals surface area contributed by atoms with Crippen molar-refractivity contribution in [2.45, 2.75) is 76.5 Å². The highest BCUT2D eigenvalue weighted by atomic mass is 16.5. The minimum absolute atomic E-state index is 0.259. The molecule has 6 aromatic rings. The van der Waals surface area contributed by atoms with Gasteiger partial charge in [0.15, 0.2) is 0 Å². The maximum absolute atomic E-state index is 5.74. The number of aliphatic imine (C=N–C) groups is 3. The van der Waals surface area contributed by atoms with Crippen LogP contribution in [0.5, 0.6) is 0 Å². The van der Waals surface area contributed by atoms with Gasteiger partial charge in [0.1, 0.15) is 0 Å². The van der Waals surface area contributed by atoms with Gasteiger partial charge in [0.25, 0.3) is 0 Å². The third-order valence-electron chi connectivity index (χ3n) is 12.9. The van der Waals surface area contributed by atoms with Crippen LogP contribution in [0, 0.1) is 0 Å². The summed E-state index contributed by atoms with van der Waals surface area (Å²) >= 11 is 0. The highest BCUT2D eigenvalue weighted by Gasteiger charge is 2.45. The van der Waals surface area contributed by atoms with E-state index in [1.165, 1.54) is 71.0 Å². The molecule has 1 aliphatic rings. The van der Waals surface area contributed by atoms with Crippen molar-refractivity contribution in [1.29, 1.82) is 0 Å². The second kappa shape index (κ2) is 24.5. The van der Waals surface area contributed by atoms with Gasteiger partial charge in [-0.3, -0.25) is 15.0 Å². The summed E-state index contributed by atoms with van der Waals surface area (Å²) in [4.78, 5) is 14.0. The first-order valence-electron chi connectivity index (χ1n) is 23.9. The first-order chi connectivity index (χ1) is 32.0. The van der Waals surface area contributed by atoms with Crippen molar-refractivity contribution in [3.63, 3.8) is 0 Å². The summed E-state index contributed by atoms with van der Waals surface area (Å²) in [5, 5.41) is 0. The van der Waals surface area contributed by atoms with Crippen LogP contribution in [0.4, 0.5) is 5.69 Å². The van der Waals surface area contributed by atoms with Gasteiger partial charge in [-0.1, -0.05) is 180 Å². The zero-order valence-electron chi connectivity index (χ0n) is 38.8. The van der Waals surface area contributed by atoms with Crippen LogP contribution in [0.3, 0.4) is 0 Å². The minimum atomic E-state index is -0.399. The van der Waals surface area contributed by atoms with E-state index in [4.69, 9.17) is 19.2 Å². The minimum Gasteiger partial charge on any atom is -0.379 e. The second-order valence-electron chi connectivity index (χ2n) is 17.3. The van der Waals surface area contributed by atoms with Crippen molar-refractivity contribution in [3.8, 4) is 11.1 Å². The fourth-order valence-corrected chi connectivity index (χ4v) is 8.99. The lowest BCUT2D eigenvalue weighted by Crippen LogP contribution is -2.28. The number of benzene rings is 6. The van der Waals surface area contributed by atoms with E-state index in [9.17, 15) is 0 Å². The molecule has 6 heteroatoms. The Morgan fingerprint density at radius 3 is 1.49 bits per heavy atom. The van der Waals surface area contributed by atoms with Gasteiger partial charge >= 0.3 is 0 Å². The molecule has 0 heterocycles. The van der Waals surface area contributed by atoms with Crippen LogP contribution in [0.1, 0.15) is 110 Å². The summed E-state index contributed by atoms with van der Waals surface area (Å²) in [5.74, 6) is 0. The van der Waals surface area contributed by atoms with Crippen LogP contribution in [0.25, 0.3) is 11.1 Å². The first-order valence-corrected chi connectivity index (χ1v) is 23.9. The molecule has 0 fully saturated rings. The zero-order chi connectivity index (χ0) is 45.0. The first kappa shape index (κ1) is 47.2. The normalized spacial score (nSPS) is 14.0. The fourth-order valence-electron chi connectivity index (χ4n) is 8.99. The molecule has 65 heavy (non-hydrogen) atoms. The van der Waals surface area contributed by atoms with Crippen molar-refractivity contribution in [1.82, 2.24) is 0 Å². The topological polar surface area (TPSA) is 64.8 Å². The molecular formula is C59H67N3O3. The van der Waals surface area contributed by atoms with Crippen LogP contribution in [0.15, 0.2) is 167 Å². The summed E-state index contributed by atoms with van der Waals surface area (Å²) in [6, 6.07) is 54.6. The number of unbranched alkanes of at least 4 members (excludes halogenated alkanes) is 2. The van der Waals surface area contributed by atoms with Gasteiger partial charge in [0.2, 0.25) is 0 Å². The van der Waals surface area contributed by atoms with Crippen molar-refractivity contribution < 1.29 is 14.2 Å². The monoisotopic (exact) mass is 866 g/mol. The van der Waals surface area contributed by atoms with Gasteiger partial charge in [0.05, 0.1) is 37.5 Å². The van der Waals surface area contributed by atoms with E-state index < -0.39 is 5.41 Å². The molecule has 0 spiro atoms. The Hall–Kier alpha value is -5.79. The predicted molar refractivity (Wildman–Crippen MR) is 272 cm³/mol. The summed E-state index contributed by atoms with van der Waals surface area (Å²) < 4.78 is 17.1. The molecule has 0 aromatic heterocycles. The average molecular weight is 866 g/mol. The fraction of sp³-hybridized carbons (Fsp3) is 0.339. The largest absolute Gasteiger partial charge is 0.379 e. The van der Waals surface area contributed by atoms with Crippen LogP contribution in [-0.2, 0) is 25.0 Å². The number of hydrogen-bond acceptors (Lipinski definition) is 6. The quantitative estimate of drug-likeness (QED) is 0.0402. The number of hydrogen-bond donors (Lipinski definition) is 0.